The molecule has 1 amide bonds. The van der Waals surface area contributed by atoms with Crippen LogP contribution >= 0.6 is 47.3 Å². The number of hydrogen-bond acceptors (Lipinski definition) is 6. The van der Waals surface area contributed by atoms with Crippen LogP contribution in [-0.4, -0.2) is 17.3 Å². The predicted octanol–water partition coefficient (Wildman–Crippen LogP) is 6.95. The van der Waals surface area contributed by atoms with Crippen molar-refractivity contribution in [3.8, 4) is 5.75 Å². The van der Waals surface area contributed by atoms with Gasteiger partial charge in [-0.15, -0.1) is 0 Å². The molecule has 0 unspecified atom stereocenters. The minimum atomic E-state index is -0.189. The van der Waals surface area contributed by atoms with E-state index >= 15 is 0 Å². The minimum Gasteiger partial charge on any atom is -0.495 e. The van der Waals surface area contributed by atoms with Crippen molar-refractivity contribution in [3.05, 3.63) is 81.4 Å². The lowest BCUT2D eigenvalue weighted by molar-refractivity contribution is -0.113. The van der Waals surface area contributed by atoms with Gasteiger partial charge in [-0.3, -0.25) is 9.69 Å². The molecule has 0 atom stereocenters. The average molecular weight is 488 g/mol. The molecule has 0 aliphatic carbocycles. The lowest BCUT2D eigenvalue weighted by atomic mass is 10.2. The highest BCUT2D eigenvalue weighted by atomic mass is 35.5. The first-order valence-electron chi connectivity index (χ1n) is 9.34. The van der Waals surface area contributed by atoms with E-state index in [4.69, 9.17) is 33.0 Å². The Kier molecular flexibility index (Phi) is 6.77. The van der Waals surface area contributed by atoms with Crippen LogP contribution in [0, 0.1) is 6.92 Å². The fraction of sp³-hybridized carbons (Fsp3) is 0.130. The first kappa shape index (κ1) is 22.0. The standard InChI is InChI=1S/C23H18ClNO3S3/c1-14-3-9-19(27-2)18(11-14)25-22(26)20(31-23(25)29)12-17-8-10-21(28-17)30-13-15-4-6-16(24)7-5-15/h3-12H,13H2,1-2H3. The van der Waals surface area contributed by atoms with Gasteiger partial charge in [0, 0.05) is 16.9 Å². The molecule has 158 valence electrons. The zero-order valence-corrected chi connectivity index (χ0v) is 20.0. The summed E-state index contributed by atoms with van der Waals surface area (Å²) in [7, 11) is 1.58. The predicted molar refractivity (Wildman–Crippen MR) is 133 cm³/mol. The lowest BCUT2D eigenvalue weighted by Gasteiger charge is -2.18. The van der Waals surface area contributed by atoms with Crippen LogP contribution < -0.4 is 9.64 Å². The summed E-state index contributed by atoms with van der Waals surface area (Å²) < 4.78 is 11.8. The van der Waals surface area contributed by atoms with Crippen molar-refractivity contribution in [2.24, 2.45) is 0 Å². The number of methoxy groups -OCH3 is 1. The molecule has 4 rings (SSSR count). The Labute approximate surface area is 199 Å². The van der Waals surface area contributed by atoms with E-state index in [9.17, 15) is 4.79 Å². The second-order valence-corrected chi connectivity index (χ2v) is 9.86. The van der Waals surface area contributed by atoms with Gasteiger partial charge >= 0.3 is 0 Å². The van der Waals surface area contributed by atoms with Crippen LogP contribution in [0.2, 0.25) is 5.02 Å². The fourth-order valence-electron chi connectivity index (χ4n) is 3.00. The number of nitrogens with zero attached hydrogens (tertiary/aromatic N) is 1. The highest BCUT2D eigenvalue weighted by Gasteiger charge is 2.35. The molecular weight excluding hydrogens is 470 g/mol. The highest BCUT2D eigenvalue weighted by molar-refractivity contribution is 8.27. The summed E-state index contributed by atoms with van der Waals surface area (Å²) in [6, 6.07) is 17.1. The van der Waals surface area contributed by atoms with Crippen molar-refractivity contribution in [1.29, 1.82) is 0 Å². The maximum Gasteiger partial charge on any atom is 0.271 e. The second kappa shape index (κ2) is 9.53. The molecule has 1 saturated heterocycles. The van der Waals surface area contributed by atoms with E-state index in [2.05, 4.69) is 0 Å². The normalized spacial score (nSPS) is 15.2. The van der Waals surface area contributed by atoms with Crippen LogP contribution in [0.5, 0.6) is 5.75 Å². The third kappa shape index (κ3) is 5.01. The molecule has 0 spiro atoms. The summed E-state index contributed by atoms with van der Waals surface area (Å²) in [4.78, 5) is 15.1. The van der Waals surface area contributed by atoms with Crippen LogP contribution in [0.15, 0.2) is 69.0 Å². The van der Waals surface area contributed by atoms with Gasteiger partial charge in [0.25, 0.3) is 5.91 Å². The largest absolute Gasteiger partial charge is 0.495 e. The van der Waals surface area contributed by atoms with Gasteiger partial charge < -0.3 is 9.15 Å². The Balaban J connectivity index is 1.50. The van der Waals surface area contributed by atoms with Crippen molar-refractivity contribution < 1.29 is 13.9 Å². The highest BCUT2D eigenvalue weighted by Crippen LogP contribution is 2.40. The number of anilines is 1. The number of ether oxygens (including phenoxy) is 1. The Morgan fingerprint density at radius 3 is 2.71 bits per heavy atom. The van der Waals surface area contributed by atoms with Gasteiger partial charge in [-0.1, -0.05) is 65.5 Å². The Hall–Kier alpha value is -2.19. The van der Waals surface area contributed by atoms with E-state index in [1.807, 2.05) is 61.5 Å². The molecule has 8 heteroatoms. The molecule has 31 heavy (non-hydrogen) atoms. The maximum absolute atomic E-state index is 13.1. The summed E-state index contributed by atoms with van der Waals surface area (Å²) in [5, 5.41) is 1.49. The number of thiocarbonyl (C=S) groups is 1. The fourth-order valence-corrected chi connectivity index (χ4v) is 5.22. The van der Waals surface area contributed by atoms with Crippen molar-refractivity contribution >= 4 is 69.3 Å². The number of carbonyl (C=O) groups is 1. The van der Waals surface area contributed by atoms with Crippen LogP contribution in [0.25, 0.3) is 6.08 Å². The van der Waals surface area contributed by atoms with E-state index in [1.54, 1.807) is 24.9 Å². The molecule has 4 nitrogen and oxygen atoms in total. The summed E-state index contributed by atoms with van der Waals surface area (Å²) in [5.41, 5.74) is 2.81. The van der Waals surface area contributed by atoms with E-state index < -0.39 is 0 Å². The number of furan rings is 1. The summed E-state index contributed by atoms with van der Waals surface area (Å²) in [6.07, 6.45) is 1.73. The molecule has 1 aliphatic heterocycles. The molecule has 0 N–H and O–H groups in total. The smallest absolute Gasteiger partial charge is 0.271 e. The molecule has 1 aliphatic rings. The summed E-state index contributed by atoms with van der Waals surface area (Å²) in [6.45, 7) is 1.96. The zero-order chi connectivity index (χ0) is 22.0. The van der Waals surface area contributed by atoms with E-state index in [0.717, 1.165) is 27.0 Å². The van der Waals surface area contributed by atoms with E-state index in [-0.39, 0.29) is 5.91 Å². The topological polar surface area (TPSA) is 42.7 Å². The molecule has 0 radical (unpaired) electrons. The summed E-state index contributed by atoms with van der Waals surface area (Å²) in [5.74, 6) is 1.78. The van der Waals surface area contributed by atoms with Crippen molar-refractivity contribution in [1.82, 2.24) is 0 Å². The molecule has 0 saturated carbocycles. The summed E-state index contributed by atoms with van der Waals surface area (Å²) >= 11 is 14.2. The van der Waals surface area contributed by atoms with E-state index in [1.165, 1.54) is 16.7 Å². The second-order valence-electron chi connectivity index (χ2n) is 6.76. The number of benzene rings is 2. The molecule has 1 aromatic heterocycles. The molecular formula is C23H18ClNO3S3. The number of thioether (sulfide) groups is 2. The van der Waals surface area contributed by atoms with Crippen LogP contribution in [0.1, 0.15) is 16.9 Å². The van der Waals surface area contributed by atoms with Gasteiger partial charge in [-0.05, 0) is 54.4 Å². The Morgan fingerprint density at radius 2 is 1.97 bits per heavy atom. The number of rotatable bonds is 6. The molecule has 0 bridgehead atoms. The molecule has 2 aromatic carbocycles. The number of halogens is 1. The van der Waals surface area contributed by atoms with Gasteiger partial charge in [0.1, 0.15) is 11.5 Å². The van der Waals surface area contributed by atoms with Gasteiger partial charge in [-0.25, -0.2) is 0 Å². The number of aryl methyl sites for hydroxylation is 1. The van der Waals surface area contributed by atoms with Gasteiger partial charge in [0.05, 0.1) is 17.7 Å². The number of carbonyl (C=O) groups excluding carboxylic acids is 1. The van der Waals surface area contributed by atoms with Crippen molar-refractivity contribution in [3.63, 3.8) is 0 Å². The average Bonchev–Trinajstić information content (AvgIpc) is 3.31. The monoisotopic (exact) mass is 487 g/mol. The lowest BCUT2D eigenvalue weighted by Crippen LogP contribution is -2.28. The maximum atomic E-state index is 13.1. The molecule has 2 heterocycles. The van der Waals surface area contributed by atoms with Crippen molar-refractivity contribution in [2.45, 2.75) is 17.8 Å². The Bertz CT molecular complexity index is 1170. The number of hydrogen-bond donors (Lipinski definition) is 0. The van der Waals surface area contributed by atoms with Crippen LogP contribution in [0.4, 0.5) is 5.69 Å². The first-order chi connectivity index (χ1) is 14.9. The van der Waals surface area contributed by atoms with Gasteiger partial charge in [0.2, 0.25) is 0 Å². The van der Waals surface area contributed by atoms with E-state index in [0.29, 0.717) is 26.4 Å². The molecule has 3 aromatic rings. The van der Waals surface area contributed by atoms with Crippen LogP contribution in [-0.2, 0) is 10.5 Å². The van der Waals surface area contributed by atoms with Gasteiger partial charge in [-0.2, -0.15) is 0 Å². The molecule has 1 fully saturated rings. The minimum absolute atomic E-state index is 0.189. The van der Waals surface area contributed by atoms with Gasteiger partial charge in [0.15, 0.2) is 9.41 Å². The quantitative estimate of drug-likeness (QED) is 0.213. The third-order valence-electron chi connectivity index (χ3n) is 4.54. The zero-order valence-electron chi connectivity index (χ0n) is 16.8. The number of amides is 1. The Morgan fingerprint density at radius 1 is 1.19 bits per heavy atom. The first-order valence-corrected chi connectivity index (χ1v) is 11.9. The third-order valence-corrected chi connectivity index (χ3v) is 7.07. The SMILES string of the molecule is COc1ccc(C)cc1N1C(=O)C(=Cc2ccc(SCc3ccc(Cl)cc3)o2)SC1=S. The van der Waals surface area contributed by atoms with Crippen molar-refractivity contribution in [2.75, 3.05) is 12.0 Å². The van der Waals surface area contributed by atoms with Crippen LogP contribution in [0.3, 0.4) is 0 Å².